The van der Waals surface area contributed by atoms with Crippen LogP contribution in [-0.2, 0) is 0 Å². The number of imidazole rings is 1. The van der Waals surface area contributed by atoms with Crippen molar-refractivity contribution in [2.75, 3.05) is 0 Å². The fourth-order valence-electron chi connectivity index (χ4n) is 2.33. The van der Waals surface area contributed by atoms with Gasteiger partial charge in [0.25, 0.3) is 0 Å². The number of aromatic nitrogens is 6. The Kier molecular flexibility index (Phi) is 3.12. The van der Waals surface area contributed by atoms with Crippen molar-refractivity contribution in [3.05, 3.63) is 72.8 Å². The molecular weight excluding hydrogens is 296 g/mol. The first-order valence-corrected chi connectivity index (χ1v) is 7.27. The van der Waals surface area contributed by atoms with Crippen molar-refractivity contribution in [2.24, 2.45) is 0 Å². The van der Waals surface area contributed by atoms with Gasteiger partial charge >= 0.3 is 0 Å². The topological polar surface area (TPSA) is 60.9 Å². The van der Waals surface area contributed by atoms with E-state index >= 15 is 0 Å². The van der Waals surface area contributed by atoms with Crippen LogP contribution in [0.2, 0.25) is 0 Å². The maximum absolute atomic E-state index is 4.68. The average molecular weight is 308 g/mol. The van der Waals surface area contributed by atoms with E-state index in [2.05, 4.69) is 32.8 Å². The Hall–Kier alpha value is -2.67. The Balaban J connectivity index is 1.77. The van der Waals surface area contributed by atoms with Crippen LogP contribution in [0.5, 0.6) is 0 Å². The Morgan fingerprint density at radius 2 is 1.95 bits per heavy atom. The van der Waals surface area contributed by atoms with Crippen molar-refractivity contribution in [3.63, 3.8) is 0 Å². The highest BCUT2D eigenvalue weighted by Crippen LogP contribution is 2.27. The van der Waals surface area contributed by atoms with Crippen LogP contribution in [0.25, 0.3) is 11.5 Å². The van der Waals surface area contributed by atoms with Gasteiger partial charge in [-0.3, -0.25) is 8.97 Å². The van der Waals surface area contributed by atoms with Gasteiger partial charge in [-0.1, -0.05) is 18.2 Å². The first kappa shape index (κ1) is 13.0. The maximum atomic E-state index is 4.68. The number of nitrogens with zero attached hydrogens (tertiary/aromatic N) is 6. The summed E-state index contributed by atoms with van der Waals surface area (Å²) in [4.78, 5) is 8.72. The van der Waals surface area contributed by atoms with Crippen LogP contribution in [0.15, 0.2) is 61.3 Å². The number of hydrogen-bond acceptors (Lipinski definition) is 5. The predicted octanol–water partition coefficient (Wildman–Crippen LogP) is 2.33. The Morgan fingerprint density at radius 1 is 1.09 bits per heavy atom. The van der Waals surface area contributed by atoms with E-state index in [0.29, 0.717) is 5.78 Å². The lowest BCUT2D eigenvalue weighted by atomic mass is 10.2. The van der Waals surface area contributed by atoms with Gasteiger partial charge in [-0.15, -0.1) is 10.2 Å². The summed E-state index contributed by atoms with van der Waals surface area (Å²) in [5.74, 6) is 1.36. The number of hydrogen-bond donors (Lipinski definition) is 1. The summed E-state index contributed by atoms with van der Waals surface area (Å²) in [5, 5.41) is 7.93. The molecule has 7 heteroatoms. The molecule has 108 valence electrons. The molecule has 4 aromatic rings. The van der Waals surface area contributed by atoms with E-state index in [1.807, 2.05) is 57.8 Å². The zero-order valence-corrected chi connectivity index (χ0v) is 12.4. The second-order valence-corrected chi connectivity index (χ2v) is 5.31. The highest BCUT2D eigenvalue weighted by atomic mass is 32.1. The Labute approximate surface area is 131 Å². The van der Waals surface area contributed by atoms with Crippen molar-refractivity contribution in [2.45, 2.75) is 5.25 Å². The molecular formula is C15H12N6S. The molecule has 22 heavy (non-hydrogen) atoms. The molecule has 1 atom stereocenters. The zero-order chi connectivity index (χ0) is 14.9. The van der Waals surface area contributed by atoms with Gasteiger partial charge in [0.1, 0.15) is 11.6 Å². The first-order chi connectivity index (χ1) is 10.8. The summed E-state index contributed by atoms with van der Waals surface area (Å²) < 4.78 is 3.77. The average Bonchev–Trinajstić information content (AvgIpc) is 3.21. The van der Waals surface area contributed by atoms with Crippen LogP contribution in [0.1, 0.15) is 16.8 Å². The van der Waals surface area contributed by atoms with E-state index in [1.165, 1.54) is 0 Å². The monoisotopic (exact) mass is 308 g/mol. The zero-order valence-electron chi connectivity index (χ0n) is 11.5. The van der Waals surface area contributed by atoms with E-state index in [-0.39, 0.29) is 5.25 Å². The van der Waals surface area contributed by atoms with Crippen LogP contribution in [-0.4, -0.2) is 29.1 Å². The van der Waals surface area contributed by atoms with Crippen molar-refractivity contribution in [1.82, 2.24) is 29.1 Å². The lowest BCUT2D eigenvalue weighted by Crippen LogP contribution is -2.04. The maximum Gasteiger partial charge on any atom is 0.233 e. The van der Waals surface area contributed by atoms with E-state index in [1.54, 1.807) is 12.5 Å². The van der Waals surface area contributed by atoms with Gasteiger partial charge in [0.15, 0.2) is 5.82 Å². The largest absolute Gasteiger partial charge is 0.291 e. The van der Waals surface area contributed by atoms with E-state index in [4.69, 9.17) is 0 Å². The summed E-state index contributed by atoms with van der Waals surface area (Å²) in [6, 6.07) is 11.8. The van der Waals surface area contributed by atoms with Gasteiger partial charge in [-0.25, -0.2) is 9.97 Å². The quantitative estimate of drug-likeness (QED) is 0.590. The summed E-state index contributed by atoms with van der Waals surface area (Å²) in [7, 11) is 0. The molecule has 0 radical (unpaired) electrons. The van der Waals surface area contributed by atoms with Crippen LogP contribution in [0.4, 0.5) is 0 Å². The van der Waals surface area contributed by atoms with Crippen molar-refractivity contribution in [3.8, 4) is 5.69 Å². The second kappa shape index (κ2) is 5.27. The number of para-hydroxylation sites is 1. The molecule has 0 aliphatic heterocycles. The number of benzene rings is 1. The van der Waals surface area contributed by atoms with Gasteiger partial charge in [0.2, 0.25) is 5.78 Å². The third-order valence-corrected chi connectivity index (χ3v) is 3.88. The van der Waals surface area contributed by atoms with E-state index in [9.17, 15) is 0 Å². The molecule has 1 aromatic carbocycles. The number of rotatable bonds is 3. The Morgan fingerprint density at radius 3 is 2.77 bits per heavy atom. The lowest BCUT2D eigenvalue weighted by molar-refractivity contribution is 0.880. The highest BCUT2D eigenvalue weighted by Gasteiger charge is 2.20. The van der Waals surface area contributed by atoms with Gasteiger partial charge in [0, 0.05) is 24.3 Å². The highest BCUT2D eigenvalue weighted by molar-refractivity contribution is 7.80. The third kappa shape index (κ3) is 2.15. The molecule has 0 fully saturated rings. The minimum Gasteiger partial charge on any atom is -0.291 e. The standard InChI is InChI=1S/C15H12N6S/c22-13(12-9-20-8-4-7-16-15(20)18-12)14-19-17-10-21(14)11-5-2-1-3-6-11/h1-10,13,22H. The molecule has 0 bridgehead atoms. The molecule has 6 nitrogen and oxygen atoms in total. The number of thiol groups is 1. The lowest BCUT2D eigenvalue weighted by Gasteiger charge is -2.10. The molecule has 0 aliphatic carbocycles. The van der Waals surface area contributed by atoms with Gasteiger partial charge in [-0.05, 0) is 18.2 Å². The first-order valence-electron chi connectivity index (χ1n) is 6.76. The molecule has 3 aromatic heterocycles. The molecule has 0 N–H and O–H groups in total. The normalized spacial score (nSPS) is 12.6. The molecule has 0 spiro atoms. The minimum absolute atomic E-state index is 0.288. The smallest absolute Gasteiger partial charge is 0.233 e. The summed E-state index contributed by atoms with van der Waals surface area (Å²) in [6.07, 6.45) is 7.21. The van der Waals surface area contributed by atoms with E-state index in [0.717, 1.165) is 17.2 Å². The molecule has 4 rings (SSSR count). The molecule has 3 heterocycles. The summed E-state index contributed by atoms with van der Waals surface area (Å²) in [6.45, 7) is 0. The predicted molar refractivity (Wildman–Crippen MR) is 85.2 cm³/mol. The Bertz CT molecular complexity index is 881. The van der Waals surface area contributed by atoms with Crippen molar-refractivity contribution in [1.29, 1.82) is 0 Å². The molecule has 0 aliphatic rings. The summed E-state index contributed by atoms with van der Waals surface area (Å²) in [5.41, 5.74) is 1.77. The fraction of sp³-hybridized carbons (Fsp3) is 0.0667. The van der Waals surface area contributed by atoms with Gasteiger partial charge in [-0.2, -0.15) is 12.6 Å². The van der Waals surface area contributed by atoms with Crippen LogP contribution in [0, 0.1) is 0 Å². The molecule has 0 saturated heterocycles. The third-order valence-electron chi connectivity index (χ3n) is 3.39. The van der Waals surface area contributed by atoms with Crippen molar-refractivity contribution < 1.29 is 0 Å². The SMILES string of the molecule is SC(c1cn2cccnc2n1)c1nncn1-c1ccccc1. The molecule has 0 saturated carbocycles. The van der Waals surface area contributed by atoms with Gasteiger partial charge in [0.05, 0.1) is 5.69 Å². The fourth-order valence-corrected chi connectivity index (χ4v) is 2.63. The molecule has 1 unspecified atom stereocenters. The van der Waals surface area contributed by atoms with Crippen LogP contribution >= 0.6 is 12.6 Å². The van der Waals surface area contributed by atoms with Crippen LogP contribution in [0.3, 0.4) is 0 Å². The van der Waals surface area contributed by atoms with Crippen LogP contribution < -0.4 is 0 Å². The second-order valence-electron chi connectivity index (χ2n) is 4.79. The van der Waals surface area contributed by atoms with E-state index < -0.39 is 0 Å². The molecule has 0 amide bonds. The minimum atomic E-state index is -0.288. The number of fused-ring (bicyclic) bond motifs is 1. The van der Waals surface area contributed by atoms with Crippen molar-refractivity contribution >= 4 is 18.4 Å². The van der Waals surface area contributed by atoms with Gasteiger partial charge < -0.3 is 0 Å². The summed E-state index contributed by atoms with van der Waals surface area (Å²) >= 11 is 4.68.